The van der Waals surface area contributed by atoms with Crippen LogP contribution >= 0.6 is 23.2 Å². The first kappa shape index (κ1) is 18.8. The highest BCUT2D eigenvalue weighted by Gasteiger charge is 2.31. The van der Waals surface area contributed by atoms with E-state index in [2.05, 4.69) is 4.98 Å². The highest BCUT2D eigenvalue weighted by molar-refractivity contribution is 6.31. The Labute approximate surface area is 153 Å². The summed E-state index contributed by atoms with van der Waals surface area (Å²) < 4.78 is 0. The summed E-state index contributed by atoms with van der Waals surface area (Å²) in [6, 6.07) is 13.4. The number of benzene rings is 1. The fourth-order valence-electron chi connectivity index (χ4n) is 2.37. The lowest BCUT2D eigenvalue weighted by Crippen LogP contribution is -2.42. The lowest BCUT2D eigenvalue weighted by molar-refractivity contribution is -0.139. The van der Waals surface area contributed by atoms with E-state index in [1.54, 1.807) is 6.20 Å². The molecule has 2 rings (SSSR count). The van der Waals surface area contributed by atoms with Crippen molar-refractivity contribution < 1.29 is 4.79 Å². The maximum absolute atomic E-state index is 12.9. The molecule has 0 saturated heterocycles. The Hall–Kier alpha value is -1.58. The Morgan fingerprint density at radius 2 is 1.88 bits per heavy atom. The van der Waals surface area contributed by atoms with Crippen molar-refractivity contribution in [2.45, 2.75) is 26.8 Å². The van der Waals surface area contributed by atoms with Crippen LogP contribution in [0.15, 0.2) is 48.7 Å². The number of aromatic nitrogens is 1. The van der Waals surface area contributed by atoms with E-state index in [0.29, 0.717) is 24.5 Å². The molecule has 0 aliphatic carbocycles. The third-order valence-electron chi connectivity index (χ3n) is 3.88. The molecule has 0 atom stereocenters. The minimum Gasteiger partial charge on any atom is -0.337 e. The van der Waals surface area contributed by atoms with Gasteiger partial charge in [-0.3, -0.25) is 9.78 Å². The number of nitrogens with zero attached hydrogens (tertiary/aromatic N) is 2. The zero-order valence-corrected chi connectivity index (χ0v) is 15.5. The third-order valence-corrected chi connectivity index (χ3v) is 4.92. The number of carbonyl (C=O) groups is 1. The van der Waals surface area contributed by atoms with Crippen LogP contribution in [-0.2, 0) is 17.8 Å². The number of rotatable bonds is 7. The molecule has 0 unspecified atom stereocenters. The molecule has 3 nitrogen and oxygen atoms in total. The van der Waals surface area contributed by atoms with Gasteiger partial charge in [-0.2, -0.15) is 0 Å². The van der Waals surface area contributed by atoms with Gasteiger partial charge >= 0.3 is 0 Å². The van der Waals surface area contributed by atoms with Crippen molar-refractivity contribution in [3.63, 3.8) is 0 Å². The van der Waals surface area contributed by atoms with Gasteiger partial charge in [0.1, 0.15) is 0 Å². The molecule has 0 N–H and O–H groups in total. The average Bonchev–Trinajstić information content (AvgIpc) is 2.60. The molecule has 0 aliphatic heterocycles. The summed E-state index contributed by atoms with van der Waals surface area (Å²) >= 11 is 12.3. The minimum atomic E-state index is -0.618. The maximum Gasteiger partial charge on any atom is 0.229 e. The van der Waals surface area contributed by atoms with E-state index in [0.717, 1.165) is 11.3 Å². The van der Waals surface area contributed by atoms with Crippen molar-refractivity contribution >= 4 is 29.1 Å². The van der Waals surface area contributed by atoms with Gasteiger partial charge in [0.05, 0.1) is 5.41 Å². The SMILES string of the molecule is CC(C)(CCl)C(=O)N(CCc1ccccn1)Cc1ccccc1Cl. The number of carbonyl (C=O) groups excluding carboxylic acids is 1. The fraction of sp³-hybridized carbons (Fsp3) is 0.368. The van der Waals surface area contributed by atoms with Gasteiger partial charge in [-0.1, -0.05) is 35.9 Å². The van der Waals surface area contributed by atoms with Gasteiger partial charge in [-0.15, -0.1) is 11.6 Å². The zero-order valence-electron chi connectivity index (χ0n) is 14.0. The Balaban J connectivity index is 2.18. The summed E-state index contributed by atoms with van der Waals surface area (Å²) in [5, 5.41) is 0.664. The molecular weight excluding hydrogens is 343 g/mol. The predicted octanol–water partition coefficient (Wildman–Crippen LogP) is 4.57. The normalized spacial score (nSPS) is 11.3. The summed E-state index contributed by atoms with van der Waals surface area (Å²) in [5.74, 6) is 0.294. The van der Waals surface area contributed by atoms with E-state index in [-0.39, 0.29) is 11.8 Å². The van der Waals surface area contributed by atoms with Gasteiger partial charge in [0.2, 0.25) is 5.91 Å². The van der Waals surface area contributed by atoms with Crippen LogP contribution in [-0.4, -0.2) is 28.2 Å². The highest BCUT2D eigenvalue weighted by Crippen LogP contribution is 2.24. The molecule has 0 aliphatic rings. The summed E-state index contributed by atoms with van der Waals surface area (Å²) in [5.41, 5.74) is 1.27. The van der Waals surface area contributed by atoms with E-state index >= 15 is 0 Å². The second-order valence-electron chi connectivity index (χ2n) is 6.41. The van der Waals surface area contributed by atoms with Crippen LogP contribution in [0, 0.1) is 5.41 Å². The van der Waals surface area contributed by atoms with Crippen LogP contribution in [0.2, 0.25) is 5.02 Å². The lowest BCUT2D eigenvalue weighted by Gasteiger charge is -2.31. The molecule has 1 aromatic carbocycles. The van der Waals surface area contributed by atoms with Gasteiger partial charge in [0, 0.05) is 42.3 Å². The molecule has 1 aromatic heterocycles. The van der Waals surface area contributed by atoms with Crippen LogP contribution in [0.1, 0.15) is 25.1 Å². The largest absolute Gasteiger partial charge is 0.337 e. The summed E-state index contributed by atoms with van der Waals surface area (Å²) in [4.78, 5) is 19.1. The molecule has 1 amide bonds. The van der Waals surface area contributed by atoms with Crippen molar-refractivity contribution in [3.05, 3.63) is 64.9 Å². The standard InChI is InChI=1S/C19H22Cl2N2O/c1-19(2,14-20)18(24)23(12-10-16-8-5-6-11-22-16)13-15-7-3-4-9-17(15)21/h3-9,11H,10,12-14H2,1-2H3. The number of pyridine rings is 1. The summed E-state index contributed by atoms with van der Waals surface area (Å²) in [6.45, 7) is 4.76. The van der Waals surface area contributed by atoms with Crippen molar-refractivity contribution in [3.8, 4) is 0 Å². The smallest absolute Gasteiger partial charge is 0.229 e. The molecular formula is C19H22Cl2N2O. The summed E-state index contributed by atoms with van der Waals surface area (Å²) in [6.07, 6.45) is 2.45. The topological polar surface area (TPSA) is 33.2 Å². The molecule has 0 spiro atoms. The van der Waals surface area contributed by atoms with Crippen molar-refractivity contribution in [2.75, 3.05) is 12.4 Å². The monoisotopic (exact) mass is 364 g/mol. The molecule has 24 heavy (non-hydrogen) atoms. The predicted molar refractivity (Wildman–Crippen MR) is 99.3 cm³/mol. The van der Waals surface area contributed by atoms with Crippen molar-refractivity contribution in [1.82, 2.24) is 9.88 Å². The molecule has 2 aromatic rings. The first-order chi connectivity index (χ1) is 11.4. The van der Waals surface area contributed by atoms with Gasteiger partial charge in [0.25, 0.3) is 0 Å². The number of alkyl halides is 1. The molecule has 0 fully saturated rings. The second kappa shape index (κ2) is 8.50. The first-order valence-corrected chi connectivity index (χ1v) is 8.84. The Morgan fingerprint density at radius 3 is 2.50 bits per heavy atom. The van der Waals surface area contributed by atoms with Crippen molar-refractivity contribution in [1.29, 1.82) is 0 Å². The average molecular weight is 365 g/mol. The first-order valence-electron chi connectivity index (χ1n) is 7.92. The summed E-state index contributed by atoms with van der Waals surface area (Å²) in [7, 11) is 0. The van der Waals surface area contributed by atoms with Gasteiger partial charge in [-0.05, 0) is 37.6 Å². The quantitative estimate of drug-likeness (QED) is 0.674. The minimum absolute atomic E-state index is 0.0216. The maximum atomic E-state index is 12.9. The van der Waals surface area contributed by atoms with Gasteiger partial charge < -0.3 is 4.90 Å². The number of amides is 1. The van der Waals surface area contributed by atoms with Crippen LogP contribution in [0.25, 0.3) is 0 Å². The molecule has 0 bridgehead atoms. The zero-order chi connectivity index (χ0) is 17.6. The van der Waals surface area contributed by atoms with Crippen molar-refractivity contribution in [2.24, 2.45) is 5.41 Å². The van der Waals surface area contributed by atoms with Gasteiger partial charge in [-0.25, -0.2) is 0 Å². The Kier molecular flexibility index (Phi) is 6.64. The molecule has 1 heterocycles. The molecule has 0 saturated carbocycles. The number of halogens is 2. The Bertz CT molecular complexity index is 674. The number of hydrogen-bond donors (Lipinski definition) is 0. The van der Waals surface area contributed by atoms with E-state index in [1.165, 1.54) is 0 Å². The van der Waals surface area contributed by atoms with Crippen LogP contribution in [0.5, 0.6) is 0 Å². The lowest BCUT2D eigenvalue weighted by atomic mass is 9.94. The fourth-order valence-corrected chi connectivity index (χ4v) is 2.68. The molecule has 128 valence electrons. The van der Waals surface area contributed by atoms with Gasteiger partial charge in [0.15, 0.2) is 0 Å². The van der Waals surface area contributed by atoms with Crippen LogP contribution < -0.4 is 0 Å². The Morgan fingerprint density at radius 1 is 1.17 bits per heavy atom. The number of hydrogen-bond acceptors (Lipinski definition) is 2. The van der Waals surface area contributed by atoms with Crippen LogP contribution in [0.4, 0.5) is 0 Å². The van der Waals surface area contributed by atoms with E-state index < -0.39 is 5.41 Å². The van der Waals surface area contributed by atoms with Crippen LogP contribution in [0.3, 0.4) is 0 Å². The molecule has 0 radical (unpaired) electrons. The van der Waals surface area contributed by atoms with E-state index in [4.69, 9.17) is 23.2 Å². The van der Waals surface area contributed by atoms with E-state index in [9.17, 15) is 4.79 Å². The highest BCUT2D eigenvalue weighted by atomic mass is 35.5. The van der Waals surface area contributed by atoms with E-state index in [1.807, 2.05) is 61.2 Å². The molecule has 5 heteroatoms. The third kappa shape index (κ3) is 4.96. The second-order valence-corrected chi connectivity index (χ2v) is 7.08.